The van der Waals surface area contributed by atoms with Gasteiger partial charge in [-0.05, 0) is 31.5 Å². The number of carbonyl (C=O) groups is 2. The Bertz CT molecular complexity index is 967. The number of amides is 1. The van der Waals surface area contributed by atoms with Crippen molar-refractivity contribution in [3.8, 4) is 17.0 Å². The maximum Gasteiger partial charge on any atom is 0.266 e. The van der Waals surface area contributed by atoms with Crippen molar-refractivity contribution in [2.75, 3.05) is 5.32 Å². The van der Waals surface area contributed by atoms with Crippen LogP contribution in [0.4, 0.5) is 5.13 Å². The largest absolute Gasteiger partial charge is 0.481 e. The van der Waals surface area contributed by atoms with Gasteiger partial charge in [-0.2, -0.15) is 0 Å². The number of thiazole rings is 1. The molecule has 0 saturated carbocycles. The first-order chi connectivity index (χ1) is 12.9. The minimum Gasteiger partial charge on any atom is -0.481 e. The molecule has 138 valence electrons. The van der Waals surface area contributed by atoms with Crippen LogP contribution in [0.2, 0.25) is 0 Å². The van der Waals surface area contributed by atoms with Crippen LogP contribution < -0.4 is 10.1 Å². The second-order valence-corrected chi connectivity index (χ2v) is 7.18. The number of hydrogen-bond acceptors (Lipinski definition) is 5. The van der Waals surface area contributed by atoms with Gasteiger partial charge in [0.1, 0.15) is 5.75 Å². The van der Waals surface area contributed by atoms with Gasteiger partial charge in [-0.15, -0.1) is 0 Å². The first-order valence-corrected chi connectivity index (χ1v) is 9.37. The summed E-state index contributed by atoms with van der Waals surface area (Å²) < 4.78 is 5.70. The molecule has 1 aromatic heterocycles. The van der Waals surface area contributed by atoms with E-state index in [9.17, 15) is 9.59 Å². The summed E-state index contributed by atoms with van der Waals surface area (Å²) in [5.74, 6) is 0.224. The molecular formula is C21H20N2O3S. The molecule has 0 bridgehead atoms. The lowest BCUT2D eigenvalue weighted by atomic mass is 10.1. The molecule has 0 unspecified atom stereocenters. The fraction of sp³-hybridized carbons (Fsp3) is 0.190. The number of anilines is 1. The van der Waals surface area contributed by atoms with Gasteiger partial charge in [-0.25, -0.2) is 4.98 Å². The van der Waals surface area contributed by atoms with E-state index in [1.165, 1.54) is 18.3 Å². The van der Waals surface area contributed by atoms with Crippen LogP contribution in [-0.4, -0.2) is 22.8 Å². The SMILES string of the molecule is CC(=O)c1sc(NC(=O)[C@H](C)Oc2cccc(C)c2)nc1-c1ccccc1. The van der Waals surface area contributed by atoms with Crippen LogP contribution in [0.5, 0.6) is 5.75 Å². The Labute approximate surface area is 162 Å². The van der Waals surface area contributed by atoms with Crippen LogP contribution in [0.1, 0.15) is 29.1 Å². The number of nitrogens with one attached hydrogen (secondary N) is 1. The minimum atomic E-state index is -0.698. The van der Waals surface area contributed by atoms with Gasteiger partial charge >= 0.3 is 0 Å². The van der Waals surface area contributed by atoms with E-state index in [2.05, 4.69) is 10.3 Å². The van der Waals surface area contributed by atoms with Gasteiger partial charge < -0.3 is 4.74 Å². The summed E-state index contributed by atoms with van der Waals surface area (Å²) in [5.41, 5.74) is 2.47. The Kier molecular flexibility index (Phi) is 5.66. The molecule has 1 N–H and O–H groups in total. The van der Waals surface area contributed by atoms with E-state index < -0.39 is 6.10 Å². The van der Waals surface area contributed by atoms with Gasteiger partial charge in [0.2, 0.25) is 0 Å². The summed E-state index contributed by atoms with van der Waals surface area (Å²) in [6.07, 6.45) is -0.698. The molecule has 27 heavy (non-hydrogen) atoms. The Morgan fingerprint density at radius 3 is 2.52 bits per heavy atom. The van der Waals surface area contributed by atoms with Crippen molar-refractivity contribution >= 4 is 28.2 Å². The third-order valence-corrected chi connectivity index (χ3v) is 4.97. The van der Waals surface area contributed by atoms with Crippen molar-refractivity contribution < 1.29 is 14.3 Å². The summed E-state index contributed by atoms with van der Waals surface area (Å²) in [7, 11) is 0. The zero-order chi connectivity index (χ0) is 19.4. The molecule has 3 aromatic rings. The number of rotatable bonds is 6. The van der Waals surface area contributed by atoms with Gasteiger partial charge in [0, 0.05) is 12.5 Å². The molecule has 0 aliphatic rings. The molecule has 3 rings (SSSR count). The highest BCUT2D eigenvalue weighted by atomic mass is 32.1. The van der Waals surface area contributed by atoms with Crippen molar-refractivity contribution in [3.63, 3.8) is 0 Å². The number of hydrogen-bond donors (Lipinski definition) is 1. The smallest absolute Gasteiger partial charge is 0.266 e. The van der Waals surface area contributed by atoms with E-state index in [0.29, 0.717) is 21.5 Å². The summed E-state index contributed by atoms with van der Waals surface area (Å²) in [4.78, 5) is 29.4. The van der Waals surface area contributed by atoms with Gasteiger partial charge in [0.05, 0.1) is 10.6 Å². The number of Topliss-reactive ketones (excluding diaryl/α,β-unsaturated/α-hetero) is 1. The highest BCUT2D eigenvalue weighted by Gasteiger charge is 2.20. The van der Waals surface area contributed by atoms with Crippen molar-refractivity contribution in [2.45, 2.75) is 26.9 Å². The number of carbonyl (C=O) groups excluding carboxylic acids is 2. The number of ether oxygens (including phenoxy) is 1. The van der Waals surface area contributed by atoms with E-state index in [1.807, 2.05) is 61.5 Å². The zero-order valence-electron chi connectivity index (χ0n) is 15.4. The van der Waals surface area contributed by atoms with E-state index >= 15 is 0 Å². The van der Waals surface area contributed by atoms with Gasteiger partial charge in [-0.1, -0.05) is 53.8 Å². The average Bonchev–Trinajstić information content (AvgIpc) is 3.06. The van der Waals surface area contributed by atoms with Crippen LogP contribution in [0.25, 0.3) is 11.3 Å². The van der Waals surface area contributed by atoms with Crippen molar-refractivity contribution in [1.29, 1.82) is 0 Å². The summed E-state index contributed by atoms with van der Waals surface area (Å²) in [6, 6.07) is 17.0. The molecule has 1 atom stereocenters. The van der Waals surface area contributed by atoms with Crippen LogP contribution in [0.15, 0.2) is 54.6 Å². The first kappa shape index (κ1) is 18.8. The second-order valence-electron chi connectivity index (χ2n) is 6.18. The van der Waals surface area contributed by atoms with E-state index in [4.69, 9.17) is 4.74 Å². The average molecular weight is 380 g/mol. The normalized spacial score (nSPS) is 11.7. The number of aryl methyl sites for hydroxylation is 1. The molecule has 5 nitrogen and oxygen atoms in total. The third kappa shape index (κ3) is 4.60. The van der Waals surface area contributed by atoms with E-state index in [1.54, 1.807) is 6.92 Å². The molecule has 1 amide bonds. The molecule has 2 aromatic carbocycles. The van der Waals surface area contributed by atoms with Crippen LogP contribution >= 0.6 is 11.3 Å². The number of benzene rings is 2. The molecule has 0 fully saturated rings. The molecule has 1 heterocycles. The molecule has 0 aliphatic carbocycles. The Morgan fingerprint density at radius 1 is 1.11 bits per heavy atom. The van der Waals surface area contributed by atoms with E-state index in [0.717, 1.165) is 11.1 Å². The molecule has 0 saturated heterocycles. The molecule has 0 radical (unpaired) electrons. The highest BCUT2D eigenvalue weighted by Crippen LogP contribution is 2.31. The second kappa shape index (κ2) is 8.14. The van der Waals surface area contributed by atoms with Gasteiger partial charge in [0.25, 0.3) is 5.91 Å². The first-order valence-electron chi connectivity index (χ1n) is 8.55. The maximum atomic E-state index is 12.5. The third-order valence-electron chi connectivity index (χ3n) is 3.90. The molecular weight excluding hydrogens is 360 g/mol. The number of aromatic nitrogens is 1. The maximum absolute atomic E-state index is 12.5. The lowest BCUT2D eigenvalue weighted by Gasteiger charge is -2.14. The zero-order valence-corrected chi connectivity index (χ0v) is 16.2. The fourth-order valence-electron chi connectivity index (χ4n) is 2.56. The van der Waals surface area contributed by atoms with Crippen LogP contribution in [0, 0.1) is 6.92 Å². The fourth-order valence-corrected chi connectivity index (χ4v) is 3.44. The molecule has 0 spiro atoms. The van der Waals surface area contributed by atoms with Crippen molar-refractivity contribution in [3.05, 3.63) is 65.0 Å². The lowest BCUT2D eigenvalue weighted by Crippen LogP contribution is -2.30. The van der Waals surface area contributed by atoms with Gasteiger partial charge in [0.15, 0.2) is 17.0 Å². The monoisotopic (exact) mass is 380 g/mol. The number of ketones is 1. The summed E-state index contributed by atoms with van der Waals surface area (Å²) >= 11 is 1.17. The van der Waals surface area contributed by atoms with Crippen LogP contribution in [-0.2, 0) is 4.79 Å². The van der Waals surface area contributed by atoms with E-state index in [-0.39, 0.29) is 11.7 Å². The van der Waals surface area contributed by atoms with Crippen molar-refractivity contribution in [1.82, 2.24) is 4.98 Å². The topological polar surface area (TPSA) is 68.3 Å². The quantitative estimate of drug-likeness (QED) is 0.628. The Balaban J connectivity index is 1.77. The molecule has 6 heteroatoms. The standard InChI is InChI=1S/C21H20N2O3S/c1-13-8-7-11-17(12-13)26-15(3)20(25)23-21-22-18(19(27-21)14(2)24)16-9-5-4-6-10-16/h4-12,15H,1-3H3,(H,22,23,25)/t15-/m0/s1. The summed E-state index contributed by atoms with van der Waals surface area (Å²) in [6.45, 7) is 5.13. The Hall–Kier alpha value is -2.99. The van der Waals surface area contributed by atoms with Gasteiger partial charge in [-0.3, -0.25) is 14.9 Å². The lowest BCUT2D eigenvalue weighted by molar-refractivity contribution is -0.122. The minimum absolute atomic E-state index is 0.0871. The predicted molar refractivity (Wildman–Crippen MR) is 107 cm³/mol. The van der Waals surface area contributed by atoms with Crippen LogP contribution in [0.3, 0.4) is 0 Å². The Morgan fingerprint density at radius 2 is 1.85 bits per heavy atom. The molecule has 0 aliphatic heterocycles. The highest BCUT2D eigenvalue weighted by molar-refractivity contribution is 7.18. The predicted octanol–water partition coefficient (Wildman–Crippen LogP) is 4.73. The summed E-state index contributed by atoms with van der Waals surface area (Å²) in [5, 5.41) is 3.13. The van der Waals surface area contributed by atoms with Crippen molar-refractivity contribution in [2.24, 2.45) is 0 Å². The number of nitrogens with zero attached hydrogens (tertiary/aromatic N) is 1.